The SMILES string of the molecule is CCCCC(CC)C(=O)O.[O]=[V]=[O]. The van der Waals surface area contributed by atoms with Crippen LogP contribution in [0, 0.1) is 5.92 Å². The molecule has 0 fully saturated rings. The van der Waals surface area contributed by atoms with Crippen LogP contribution in [0.3, 0.4) is 0 Å². The van der Waals surface area contributed by atoms with Gasteiger partial charge in [-0.15, -0.1) is 0 Å². The van der Waals surface area contributed by atoms with Crippen LogP contribution in [0.25, 0.3) is 0 Å². The third-order valence-electron chi connectivity index (χ3n) is 1.75. The summed E-state index contributed by atoms with van der Waals surface area (Å²) in [6.45, 7) is 4.00. The molecule has 0 aliphatic rings. The van der Waals surface area contributed by atoms with E-state index in [1.807, 2.05) is 6.92 Å². The zero-order chi connectivity index (χ0) is 10.7. The first-order valence-electron chi connectivity index (χ1n) is 4.31. The fourth-order valence-corrected chi connectivity index (χ4v) is 0.953. The van der Waals surface area contributed by atoms with Gasteiger partial charge in [0.2, 0.25) is 0 Å². The van der Waals surface area contributed by atoms with Crippen molar-refractivity contribution in [3.8, 4) is 0 Å². The summed E-state index contributed by atoms with van der Waals surface area (Å²) < 4.78 is 16.9. The van der Waals surface area contributed by atoms with Crippen molar-refractivity contribution in [2.45, 2.75) is 39.5 Å². The Morgan fingerprint density at radius 2 is 1.85 bits per heavy atom. The summed E-state index contributed by atoms with van der Waals surface area (Å²) in [5, 5.41) is 8.60. The molecule has 0 aromatic heterocycles. The maximum absolute atomic E-state index is 10.4. The second-order valence-electron chi connectivity index (χ2n) is 2.66. The topological polar surface area (TPSA) is 71.4 Å². The van der Waals surface area contributed by atoms with Crippen LogP contribution in [-0.2, 0) is 28.3 Å². The predicted molar refractivity (Wildman–Crippen MR) is 42.3 cm³/mol. The Kier molecular flexibility index (Phi) is 13.6. The van der Waals surface area contributed by atoms with Gasteiger partial charge in [-0.05, 0) is 12.8 Å². The van der Waals surface area contributed by atoms with E-state index in [0.29, 0.717) is 0 Å². The van der Waals surface area contributed by atoms with Crippen molar-refractivity contribution in [2.75, 3.05) is 0 Å². The normalized spacial score (nSPS) is 10.6. The number of carbonyl (C=O) groups is 1. The Morgan fingerprint density at radius 1 is 1.38 bits per heavy atom. The molecular formula is C8H16O4V. The monoisotopic (exact) mass is 227 g/mol. The van der Waals surface area contributed by atoms with Gasteiger partial charge in [0.15, 0.2) is 0 Å². The molecule has 5 heteroatoms. The molecule has 0 heterocycles. The molecule has 0 amide bonds. The Morgan fingerprint density at radius 3 is 2.08 bits per heavy atom. The molecule has 1 N–H and O–H groups in total. The Hall–Kier alpha value is -0.346. The second-order valence-corrected chi connectivity index (χ2v) is 2.89. The van der Waals surface area contributed by atoms with Gasteiger partial charge in [0.25, 0.3) is 0 Å². The van der Waals surface area contributed by atoms with E-state index in [1.165, 1.54) is 0 Å². The van der Waals surface area contributed by atoms with Gasteiger partial charge >= 0.3 is 29.5 Å². The minimum atomic E-state index is -1.81. The number of rotatable bonds is 5. The summed E-state index contributed by atoms with van der Waals surface area (Å²) in [7, 11) is 0. The minimum absolute atomic E-state index is 0.111. The molecule has 0 rings (SSSR count). The van der Waals surface area contributed by atoms with Crippen LogP contribution in [0.15, 0.2) is 0 Å². The standard InChI is InChI=1S/C8H16O2.2O.V/c1-3-5-6-7(4-2)8(9)10;;;/h7H,3-6H2,1-2H3,(H,9,10);;;. The van der Waals surface area contributed by atoms with Gasteiger partial charge in [0.1, 0.15) is 0 Å². The molecule has 0 spiro atoms. The molecule has 4 nitrogen and oxygen atoms in total. The van der Waals surface area contributed by atoms with Crippen LogP contribution < -0.4 is 0 Å². The molecule has 13 heavy (non-hydrogen) atoms. The molecule has 1 atom stereocenters. The molecule has 77 valence electrons. The molecule has 0 aliphatic heterocycles. The van der Waals surface area contributed by atoms with Crippen LogP contribution in [-0.4, -0.2) is 11.1 Å². The zero-order valence-electron chi connectivity index (χ0n) is 8.02. The molecular weight excluding hydrogens is 211 g/mol. The van der Waals surface area contributed by atoms with Crippen molar-refractivity contribution in [1.82, 2.24) is 0 Å². The summed E-state index contributed by atoms with van der Waals surface area (Å²) in [5.74, 6) is -0.754. The van der Waals surface area contributed by atoms with Crippen LogP contribution in [0.5, 0.6) is 0 Å². The maximum atomic E-state index is 10.4. The van der Waals surface area contributed by atoms with Gasteiger partial charge in [-0.3, -0.25) is 4.79 Å². The molecule has 1 unspecified atom stereocenters. The number of carboxylic acids is 1. The Bertz CT molecular complexity index is 164. The quantitative estimate of drug-likeness (QED) is 0.780. The van der Waals surface area contributed by atoms with Crippen molar-refractivity contribution in [2.24, 2.45) is 5.92 Å². The van der Waals surface area contributed by atoms with Gasteiger partial charge in [-0.1, -0.05) is 26.7 Å². The summed E-state index contributed by atoms with van der Waals surface area (Å²) in [5.41, 5.74) is 0. The zero-order valence-corrected chi connectivity index (χ0v) is 9.42. The Balaban J connectivity index is 0. The molecule has 0 aromatic rings. The molecule has 0 saturated carbocycles. The average Bonchev–Trinajstić information content (AvgIpc) is 2.06. The average molecular weight is 227 g/mol. The molecule has 0 bridgehead atoms. The number of hydrogen-bond acceptors (Lipinski definition) is 3. The van der Waals surface area contributed by atoms with Crippen molar-refractivity contribution in [3.63, 3.8) is 0 Å². The van der Waals surface area contributed by atoms with E-state index in [0.717, 1.165) is 25.7 Å². The molecule has 0 radical (unpaired) electrons. The van der Waals surface area contributed by atoms with Crippen LogP contribution in [0.2, 0.25) is 0 Å². The molecule has 0 aromatic carbocycles. The summed E-state index contributed by atoms with van der Waals surface area (Å²) >= 11 is -1.81. The summed E-state index contributed by atoms with van der Waals surface area (Å²) in [4.78, 5) is 10.4. The van der Waals surface area contributed by atoms with Crippen LogP contribution in [0.4, 0.5) is 0 Å². The number of carboxylic acid groups (broad SMARTS) is 1. The van der Waals surface area contributed by atoms with E-state index in [2.05, 4.69) is 6.92 Å². The third-order valence-corrected chi connectivity index (χ3v) is 1.75. The van der Waals surface area contributed by atoms with Gasteiger partial charge in [-0.2, -0.15) is 0 Å². The van der Waals surface area contributed by atoms with E-state index in [1.54, 1.807) is 0 Å². The first-order chi connectivity index (χ1) is 6.13. The first kappa shape index (κ1) is 15.1. The number of aliphatic carboxylic acids is 1. The van der Waals surface area contributed by atoms with Crippen molar-refractivity contribution in [3.05, 3.63) is 0 Å². The molecule has 0 saturated heterocycles. The fourth-order valence-electron chi connectivity index (χ4n) is 0.953. The van der Waals surface area contributed by atoms with Gasteiger partial charge in [0.05, 0.1) is 5.92 Å². The van der Waals surface area contributed by atoms with Gasteiger partial charge in [0, 0.05) is 0 Å². The van der Waals surface area contributed by atoms with Crippen LogP contribution >= 0.6 is 0 Å². The summed E-state index contributed by atoms with van der Waals surface area (Å²) in [6.07, 6.45) is 3.71. The van der Waals surface area contributed by atoms with Crippen LogP contribution in [0.1, 0.15) is 39.5 Å². The van der Waals surface area contributed by atoms with Crippen molar-refractivity contribution < 1.29 is 33.4 Å². The van der Waals surface area contributed by atoms with Crippen molar-refractivity contribution >= 4 is 5.97 Å². The van der Waals surface area contributed by atoms with E-state index >= 15 is 0 Å². The second kappa shape index (κ2) is 11.7. The number of hydrogen-bond donors (Lipinski definition) is 1. The Labute approximate surface area is 85.2 Å². The molecule has 0 aliphatic carbocycles. The van der Waals surface area contributed by atoms with E-state index in [9.17, 15) is 4.79 Å². The van der Waals surface area contributed by atoms with Gasteiger partial charge < -0.3 is 5.11 Å². The van der Waals surface area contributed by atoms with E-state index in [4.69, 9.17) is 12.5 Å². The third kappa shape index (κ3) is 11.7. The summed E-state index contributed by atoms with van der Waals surface area (Å²) in [6, 6.07) is 0. The first-order valence-corrected chi connectivity index (χ1v) is 5.45. The van der Waals surface area contributed by atoms with Crippen molar-refractivity contribution in [1.29, 1.82) is 0 Å². The van der Waals surface area contributed by atoms with Gasteiger partial charge in [-0.25, -0.2) is 0 Å². The van der Waals surface area contributed by atoms with E-state index in [-0.39, 0.29) is 5.92 Å². The van der Waals surface area contributed by atoms with E-state index < -0.39 is 22.2 Å². The number of unbranched alkanes of at least 4 members (excludes halogenated alkanes) is 1. The predicted octanol–water partition coefficient (Wildman–Crippen LogP) is 2.05. The fraction of sp³-hybridized carbons (Fsp3) is 0.875.